The molecule has 2 aromatic rings. The van der Waals surface area contributed by atoms with E-state index in [2.05, 4.69) is 16.1 Å². The Hall–Kier alpha value is -1.70. The van der Waals surface area contributed by atoms with Crippen LogP contribution in [0.4, 0.5) is 0 Å². The highest BCUT2D eigenvalue weighted by Gasteiger charge is 2.28. The number of rotatable bonds is 8. The number of hydrogen-bond acceptors (Lipinski definition) is 5. The van der Waals surface area contributed by atoms with E-state index in [1.54, 1.807) is 4.68 Å². The van der Waals surface area contributed by atoms with Crippen LogP contribution in [0.25, 0.3) is 0 Å². The third kappa shape index (κ3) is 3.68. The van der Waals surface area contributed by atoms with Gasteiger partial charge in [0, 0.05) is 18.2 Å². The number of hydrogen-bond donors (Lipinski definition) is 1. The Bertz CT molecular complexity index is 751. The van der Waals surface area contributed by atoms with Gasteiger partial charge in [0.15, 0.2) is 10.6 Å². The van der Waals surface area contributed by atoms with E-state index >= 15 is 0 Å². The molecule has 1 aromatic heterocycles. The summed E-state index contributed by atoms with van der Waals surface area (Å²) in [7, 11) is 2.03. The van der Waals surface area contributed by atoms with Gasteiger partial charge in [-0.25, -0.2) is 4.68 Å². The second-order valence-corrected chi connectivity index (χ2v) is 6.52. The Morgan fingerprint density at radius 1 is 1.38 bits per heavy atom. The summed E-state index contributed by atoms with van der Waals surface area (Å²) in [6.45, 7) is 3.87. The fourth-order valence-corrected chi connectivity index (χ4v) is 3.22. The number of aliphatic hydroxyl groups excluding tert-OH is 1. The topological polar surface area (TPSA) is 55.4 Å². The Balaban J connectivity index is 1.74. The van der Waals surface area contributed by atoms with Gasteiger partial charge in [-0.3, -0.25) is 9.47 Å². The summed E-state index contributed by atoms with van der Waals surface area (Å²) < 4.78 is 10.2. The Morgan fingerprint density at radius 3 is 2.79 bits per heavy atom. The van der Waals surface area contributed by atoms with Crippen LogP contribution in [0, 0.1) is 4.77 Å². The van der Waals surface area contributed by atoms with Gasteiger partial charge in [0.1, 0.15) is 12.4 Å². The van der Waals surface area contributed by atoms with Crippen molar-refractivity contribution in [3.63, 3.8) is 0 Å². The lowest BCUT2D eigenvalue weighted by atomic mass is 10.2. The number of aliphatic hydroxyl groups is 1. The van der Waals surface area contributed by atoms with Crippen LogP contribution < -0.4 is 4.74 Å². The van der Waals surface area contributed by atoms with Crippen LogP contribution in [-0.2, 0) is 19.8 Å². The Morgan fingerprint density at radius 2 is 2.12 bits per heavy atom. The molecule has 0 unspecified atom stereocenters. The standard InChI is InChI=1S/C17H24N4O2S/c1-3-23-15-7-5-4-6-13(15)10-19(2)12-20-17(24)21(14-8-9-14)16(11-22)18-20/h4-7,14,22H,3,8-12H2,1-2H3. The summed E-state index contributed by atoms with van der Waals surface area (Å²) >= 11 is 5.55. The number of para-hydroxylation sites is 1. The maximum absolute atomic E-state index is 9.52. The monoisotopic (exact) mass is 348 g/mol. The fourth-order valence-electron chi connectivity index (χ4n) is 2.86. The maximum atomic E-state index is 9.52. The molecule has 1 heterocycles. The lowest BCUT2D eigenvalue weighted by molar-refractivity contribution is 0.233. The maximum Gasteiger partial charge on any atom is 0.199 e. The molecule has 1 saturated carbocycles. The molecule has 0 bridgehead atoms. The third-order valence-electron chi connectivity index (χ3n) is 4.08. The number of aromatic nitrogens is 3. The van der Waals surface area contributed by atoms with Crippen LogP contribution in [-0.4, -0.2) is 38.0 Å². The van der Waals surface area contributed by atoms with Gasteiger partial charge in [0.2, 0.25) is 0 Å². The highest BCUT2D eigenvalue weighted by Crippen LogP contribution is 2.36. The van der Waals surface area contributed by atoms with Crippen molar-refractivity contribution >= 4 is 12.2 Å². The highest BCUT2D eigenvalue weighted by atomic mass is 32.1. The summed E-state index contributed by atoms with van der Waals surface area (Å²) in [6, 6.07) is 8.47. The van der Waals surface area contributed by atoms with Crippen LogP contribution in [0.15, 0.2) is 24.3 Å². The first-order valence-electron chi connectivity index (χ1n) is 8.32. The molecule has 0 atom stereocenters. The largest absolute Gasteiger partial charge is 0.494 e. The quantitative estimate of drug-likeness (QED) is 0.744. The SMILES string of the molecule is CCOc1ccccc1CN(C)Cn1nc(CO)n(C2CC2)c1=S. The van der Waals surface area contributed by atoms with Crippen molar-refractivity contribution in [3.05, 3.63) is 40.4 Å². The summed E-state index contributed by atoms with van der Waals surface area (Å²) in [5.41, 5.74) is 1.14. The molecule has 1 aliphatic carbocycles. The molecule has 1 aliphatic rings. The van der Waals surface area contributed by atoms with Crippen molar-refractivity contribution in [2.75, 3.05) is 13.7 Å². The molecule has 3 rings (SSSR count). The summed E-state index contributed by atoms with van der Waals surface area (Å²) in [5, 5.41) is 14.0. The van der Waals surface area contributed by atoms with Crippen molar-refractivity contribution in [2.45, 2.75) is 45.6 Å². The molecule has 0 spiro atoms. The van der Waals surface area contributed by atoms with Crippen LogP contribution in [0.3, 0.4) is 0 Å². The minimum Gasteiger partial charge on any atom is -0.494 e. The molecule has 0 radical (unpaired) electrons. The van der Waals surface area contributed by atoms with Crippen molar-refractivity contribution < 1.29 is 9.84 Å². The Kier molecular flexibility index (Phi) is 5.33. The molecule has 24 heavy (non-hydrogen) atoms. The van der Waals surface area contributed by atoms with Crippen molar-refractivity contribution in [1.29, 1.82) is 0 Å². The van der Waals surface area contributed by atoms with E-state index in [0.29, 0.717) is 29.9 Å². The molecule has 6 nitrogen and oxygen atoms in total. The van der Waals surface area contributed by atoms with Crippen LogP contribution in [0.5, 0.6) is 5.75 Å². The van der Waals surface area contributed by atoms with E-state index < -0.39 is 0 Å². The van der Waals surface area contributed by atoms with E-state index in [-0.39, 0.29) is 6.61 Å². The second-order valence-electron chi connectivity index (χ2n) is 6.15. The molecule has 0 saturated heterocycles. The van der Waals surface area contributed by atoms with Crippen LogP contribution in [0.2, 0.25) is 0 Å². The van der Waals surface area contributed by atoms with E-state index in [9.17, 15) is 5.11 Å². The average molecular weight is 348 g/mol. The normalized spacial score (nSPS) is 14.3. The summed E-state index contributed by atoms with van der Waals surface area (Å²) in [6.07, 6.45) is 2.23. The third-order valence-corrected chi connectivity index (χ3v) is 4.49. The summed E-state index contributed by atoms with van der Waals surface area (Å²) in [5.74, 6) is 1.57. The van der Waals surface area contributed by atoms with E-state index in [0.717, 1.165) is 30.7 Å². The fraction of sp³-hybridized carbons (Fsp3) is 0.529. The van der Waals surface area contributed by atoms with Crippen LogP contribution in [0.1, 0.15) is 37.2 Å². The predicted molar refractivity (Wildman–Crippen MR) is 94.3 cm³/mol. The Labute approximate surface area is 147 Å². The van der Waals surface area contributed by atoms with Crippen molar-refractivity contribution in [1.82, 2.24) is 19.2 Å². The minimum atomic E-state index is -0.0793. The minimum absolute atomic E-state index is 0.0793. The molecule has 7 heteroatoms. The van der Waals surface area contributed by atoms with E-state index in [1.165, 1.54) is 0 Å². The smallest absolute Gasteiger partial charge is 0.199 e. The molecular formula is C17H24N4O2S. The second kappa shape index (κ2) is 7.46. The average Bonchev–Trinajstić information content (AvgIpc) is 3.35. The summed E-state index contributed by atoms with van der Waals surface area (Å²) in [4.78, 5) is 2.14. The van der Waals surface area contributed by atoms with Gasteiger partial charge in [-0.05, 0) is 45.1 Å². The molecule has 0 amide bonds. The molecule has 1 N–H and O–H groups in total. The molecular weight excluding hydrogens is 324 g/mol. The van der Waals surface area contributed by atoms with Gasteiger partial charge in [-0.15, -0.1) is 0 Å². The van der Waals surface area contributed by atoms with Gasteiger partial charge in [0.05, 0.1) is 13.3 Å². The molecule has 1 fully saturated rings. The number of ether oxygens (including phenoxy) is 1. The van der Waals surface area contributed by atoms with Gasteiger partial charge >= 0.3 is 0 Å². The lowest BCUT2D eigenvalue weighted by Crippen LogP contribution is -2.23. The number of nitrogens with zero attached hydrogens (tertiary/aromatic N) is 4. The zero-order chi connectivity index (χ0) is 17.1. The molecule has 1 aromatic carbocycles. The first-order chi connectivity index (χ1) is 11.6. The van der Waals surface area contributed by atoms with E-state index in [1.807, 2.05) is 36.7 Å². The number of benzene rings is 1. The highest BCUT2D eigenvalue weighted by molar-refractivity contribution is 7.71. The van der Waals surface area contributed by atoms with Gasteiger partial charge in [0.25, 0.3) is 0 Å². The first kappa shape index (κ1) is 17.1. The van der Waals surface area contributed by atoms with Gasteiger partial charge in [-0.1, -0.05) is 18.2 Å². The lowest BCUT2D eigenvalue weighted by Gasteiger charge is -2.18. The predicted octanol–water partition coefficient (Wildman–Crippen LogP) is 2.73. The van der Waals surface area contributed by atoms with Gasteiger partial charge < -0.3 is 9.84 Å². The molecule has 130 valence electrons. The van der Waals surface area contributed by atoms with Gasteiger partial charge in [-0.2, -0.15) is 5.10 Å². The van der Waals surface area contributed by atoms with Crippen LogP contribution >= 0.6 is 12.2 Å². The molecule has 0 aliphatic heterocycles. The zero-order valence-corrected chi connectivity index (χ0v) is 15.0. The van der Waals surface area contributed by atoms with E-state index in [4.69, 9.17) is 17.0 Å². The van der Waals surface area contributed by atoms with Crippen molar-refractivity contribution in [3.8, 4) is 5.75 Å². The first-order valence-corrected chi connectivity index (χ1v) is 8.73. The van der Waals surface area contributed by atoms with Crippen molar-refractivity contribution in [2.24, 2.45) is 0 Å². The zero-order valence-electron chi connectivity index (χ0n) is 14.2.